The maximum Gasteiger partial charge on any atom is 0.209 e. The molecule has 2 heterocycles. The van der Waals surface area contributed by atoms with Crippen LogP contribution in [0, 0.1) is 6.92 Å². The van der Waals surface area contributed by atoms with Gasteiger partial charge in [0.1, 0.15) is 5.75 Å². The van der Waals surface area contributed by atoms with Crippen molar-refractivity contribution in [2.75, 3.05) is 38.4 Å². The van der Waals surface area contributed by atoms with Crippen LogP contribution in [0.15, 0.2) is 58.9 Å². The number of hydrogen-bond donors (Lipinski definition) is 0. The van der Waals surface area contributed by atoms with Gasteiger partial charge in [0.25, 0.3) is 0 Å². The number of halogens is 1. The summed E-state index contributed by atoms with van der Waals surface area (Å²) in [4.78, 5) is 5.93. The van der Waals surface area contributed by atoms with E-state index in [1.807, 2.05) is 24.3 Å². The van der Waals surface area contributed by atoms with Crippen molar-refractivity contribution < 1.29 is 9.47 Å². The summed E-state index contributed by atoms with van der Waals surface area (Å²) in [6.07, 6.45) is 0. The Morgan fingerprint density at radius 3 is 2.61 bits per heavy atom. The third kappa shape index (κ3) is 4.32. The Morgan fingerprint density at radius 1 is 1.07 bits per heavy atom. The molecular weight excluding hydrogens is 438 g/mol. The minimum absolute atomic E-state index is 0. The van der Waals surface area contributed by atoms with Gasteiger partial charge in [-0.3, -0.25) is 0 Å². The Bertz CT molecular complexity index is 993. The number of aryl methyl sites for hydroxylation is 1. The first kappa shape index (κ1) is 20.6. The Kier molecular flexibility index (Phi) is 6.93. The van der Waals surface area contributed by atoms with Crippen molar-refractivity contribution in [3.63, 3.8) is 0 Å². The number of hydrogen-bond acceptors (Lipinski definition) is 5. The van der Waals surface area contributed by atoms with Gasteiger partial charge >= 0.3 is 0 Å². The standard InChI is InChI=1S/C21H23N3O2S.BrH/c1-16-6-3-4-9-19(16)22-21-24(23-10-12-26-13-11-23)20(15-27-21)17-7-5-8-18(14-17)25-2;/h3-9,14-15H,10-13H2,1-2H3;1H. The van der Waals surface area contributed by atoms with Gasteiger partial charge in [-0.2, -0.15) is 0 Å². The molecule has 0 unspecified atom stereocenters. The lowest BCUT2D eigenvalue weighted by atomic mass is 10.1. The van der Waals surface area contributed by atoms with Gasteiger partial charge in [-0.1, -0.05) is 30.3 Å². The van der Waals surface area contributed by atoms with E-state index in [1.54, 1.807) is 18.4 Å². The van der Waals surface area contributed by atoms with Crippen LogP contribution in [0.1, 0.15) is 5.56 Å². The van der Waals surface area contributed by atoms with Crippen LogP contribution in [0.3, 0.4) is 0 Å². The van der Waals surface area contributed by atoms with Gasteiger partial charge in [0.15, 0.2) is 0 Å². The zero-order chi connectivity index (χ0) is 18.6. The SMILES string of the molecule is Br.COc1cccc(-c2csc(=Nc3ccccc3C)n2N2CCOCC2)c1. The monoisotopic (exact) mass is 461 g/mol. The van der Waals surface area contributed by atoms with Gasteiger partial charge in [0.2, 0.25) is 4.80 Å². The number of thiazole rings is 1. The molecule has 7 heteroatoms. The maximum absolute atomic E-state index is 5.55. The van der Waals surface area contributed by atoms with Crippen molar-refractivity contribution in [1.82, 2.24) is 4.68 Å². The molecule has 0 saturated carbocycles. The molecule has 0 bridgehead atoms. The summed E-state index contributed by atoms with van der Waals surface area (Å²) in [5.41, 5.74) is 4.40. The number of benzene rings is 2. The molecule has 0 atom stereocenters. The van der Waals surface area contributed by atoms with E-state index in [0.717, 1.165) is 53.8 Å². The number of morpholine rings is 1. The summed E-state index contributed by atoms with van der Waals surface area (Å²) in [6.45, 7) is 5.23. The van der Waals surface area contributed by atoms with E-state index in [9.17, 15) is 0 Å². The smallest absolute Gasteiger partial charge is 0.209 e. The van der Waals surface area contributed by atoms with Gasteiger partial charge in [-0.25, -0.2) is 9.67 Å². The fourth-order valence-electron chi connectivity index (χ4n) is 3.18. The first-order valence-corrected chi connectivity index (χ1v) is 9.92. The van der Waals surface area contributed by atoms with Crippen LogP contribution in [-0.4, -0.2) is 38.1 Å². The molecule has 5 nitrogen and oxygen atoms in total. The van der Waals surface area contributed by atoms with Crippen molar-refractivity contribution in [3.8, 4) is 17.0 Å². The molecule has 1 aromatic heterocycles. The van der Waals surface area contributed by atoms with E-state index in [2.05, 4.69) is 46.3 Å². The highest BCUT2D eigenvalue weighted by Crippen LogP contribution is 2.25. The lowest BCUT2D eigenvalue weighted by Crippen LogP contribution is -2.48. The largest absolute Gasteiger partial charge is 0.497 e. The van der Waals surface area contributed by atoms with Crippen molar-refractivity contribution in [1.29, 1.82) is 0 Å². The quantitative estimate of drug-likeness (QED) is 0.580. The first-order chi connectivity index (χ1) is 13.3. The lowest BCUT2D eigenvalue weighted by molar-refractivity contribution is 0.111. The van der Waals surface area contributed by atoms with Crippen LogP contribution < -0.4 is 14.5 Å². The van der Waals surface area contributed by atoms with Gasteiger partial charge in [0.05, 0.1) is 44.8 Å². The molecule has 1 fully saturated rings. The van der Waals surface area contributed by atoms with E-state index in [0.29, 0.717) is 0 Å². The normalized spacial score (nSPS) is 14.6. The van der Waals surface area contributed by atoms with Crippen molar-refractivity contribution in [3.05, 3.63) is 64.3 Å². The number of methoxy groups -OCH3 is 1. The Morgan fingerprint density at radius 2 is 1.86 bits per heavy atom. The second-order valence-electron chi connectivity index (χ2n) is 6.41. The van der Waals surface area contributed by atoms with E-state index >= 15 is 0 Å². The molecule has 2 aromatic carbocycles. The molecule has 1 saturated heterocycles. The van der Waals surface area contributed by atoms with Crippen molar-refractivity contribution in [2.24, 2.45) is 4.99 Å². The van der Waals surface area contributed by atoms with E-state index in [1.165, 1.54) is 5.56 Å². The molecule has 148 valence electrons. The second kappa shape index (κ2) is 9.41. The predicted molar refractivity (Wildman–Crippen MR) is 120 cm³/mol. The first-order valence-electron chi connectivity index (χ1n) is 9.04. The van der Waals surface area contributed by atoms with Crippen LogP contribution in [0.2, 0.25) is 0 Å². The number of nitrogens with zero attached hydrogens (tertiary/aromatic N) is 3. The molecule has 1 aliphatic heterocycles. The topological polar surface area (TPSA) is 39.0 Å². The number of ether oxygens (including phenoxy) is 2. The second-order valence-corrected chi connectivity index (χ2v) is 7.25. The van der Waals surface area contributed by atoms with Crippen LogP contribution in [0.25, 0.3) is 11.3 Å². The zero-order valence-corrected chi connectivity index (χ0v) is 18.5. The molecular formula is C21H24BrN3O2S. The third-order valence-corrected chi connectivity index (χ3v) is 5.47. The third-order valence-electron chi connectivity index (χ3n) is 4.65. The highest BCUT2D eigenvalue weighted by molar-refractivity contribution is 8.93. The molecule has 1 aliphatic rings. The van der Waals surface area contributed by atoms with E-state index < -0.39 is 0 Å². The van der Waals surface area contributed by atoms with E-state index in [-0.39, 0.29) is 17.0 Å². The average Bonchev–Trinajstić information content (AvgIpc) is 3.14. The van der Waals surface area contributed by atoms with Crippen molar-refractivity contribution >= 4 is 34.0 Å². The van der Waals surface area contributed by atoms with Gasteiger partial charge < -0.3 is 14.5 Å². The minimum atomic E-state index is 0. The summed E-state index contributed by atoms with van der Waals surface area (Å²) in [7, 11) is 1.70. The van der Waals surface area contributed by atoms with Crippen LogP contribution in [-0.2, 0) is 4.74 Å². The molecule has 4 rings (SSSR count). The van der Waals surface area contributed by atoms with Crippen LogP contribution >= 0.6 is 28.3 Å². The minimum Gasteiger partial charge on any atom is -0.497 e. The number of rotatable bonds is 4. The van der Waals surface area contributed by atoms with Crippen LogP contribution in [0.4, 0.5) is 5.69 Å². The van der Waals surface area contributed by atoms with Crippen LogP contribution in [0.5, 0.6) is 5.75 Å². The summed E-state index contributed by atoms with van der Waals surface area (Å²) in [6, 6.07) is 16.4. The molecule has 0 spiro atoms. The summed E-state index contributed by atoms with van der Waals surface area (Å²) < 4.78 is 13.2. The molecule has 3 aromatic rings. The Balaban J connectivity index is 0.00000225. The van der Waals surface area contributed by atoms with Crippen molar-refractivity contribution in [2.45, 2.75) is 6.92 Å². The van der Waals surface area contributed by atoms with Gasteiger partial charge in [0, 0.05) is 10.9 Å². The molecule has 0 aliphatic carbocycles. The lowest BCUT2D eigenvalue weighted by Gasteiger charge is -2.31. The van der Waals surface area contributed by atoms with Gasteiger partial charge in [-0.15, -0.1) is 28.3 Å². The summed E-state index contributed by atoms with van der Waals surface area (Å²) in [5.74, 6) is 0.852. The summed E-state index contributed by atoms with van der Waals surface area (Å²) in [5, 5.41) is 4.48. The van der Waals surface area contributed by atoms with E-state index in [4.69, 9.17) is 14.5 Å². The highest BCUT2D eigenvalue weighted by Gasteiger charge is 2.18. The Hall–Kier alpha value is -2.09. The number of para-hydroxylation sites is 1. The Labute approximate surface area is 179 Å². The number of aromatic nitrogens is 1. The average molecular weight is 462 g/mol. The molecule has 0 radical (unpaired) electrons. The fourth-order valence-corrected chi connectivity index (χ4v) is 4.09. The molecule has 0 amide bonds. The molecule has 0 N–H and O–H groups in total. The predicted octanol–water partition coefficient (Wildman–Crippen LogP) is 4.31. The van der Waals surface area contributed by atoms with Gasteiger partial charge in [-0.05, 0) is 30.7 Å². The zero-order valence-electron chi connectivity index (χ0n) is 16.0. The molecule has 28 heavy (non-hydrogen) atoms. The fraction of sp³-hybridized carbons (Fsp3) is 0.286. The summed E-state index contributed by atoms with van der Waals surface area (Å²) >= 11 is 1.65. The maximum atomic E-state index is 5.55. The highest BCUT2D eigenvalue weighted by atomic mass is 79.9.